The lowest BCUT2D eigenvalue weighted by molar-refractivity contribution is 0.501. The zero-order chi connectivity index (χ0) is 10.7. The van der Waals surface area contributed by atoms with Crippen molar-refractivity contribution in [3.8, 4) is 0 Å². The number of rotatable bonds is 3. The summed E-state index contributed by atoms with van der Waals surface area (Å²) in [4.78, 5) is 0. The molecule has 2 aliphatic rings. The maximum atomic E-state index is 2.45. The first-order chi connectivity index (χ1) is 7.18. The van der Waals surface area contributed by atoms with Gasteiger partial charge >= 0.3 is 0 Å². The second kappa shape index (κ2) is 4.83. The van der Waals surface area contributed by atoms with Crippen molar-refractivity contribution < 1.29 is 0 Å². The Morgan fingerprint density at radius 1 is 1.00 bits per heavy atom. The van der Waals surface area contributed by atoms with Gasteiger partial charge in [-0.3, -0.25) is 0 Å². The summed E-state index contributed by atoms with van der Waals surface area (Å²) < 4.78 is 0. The Morgan fingerprint density at radius 2 is 1.60 bits per heavy atom. The Hall–Kier alpha value is -0.0900. The van der Waals surface area contributed by atoms with Crippen molar-refractivity contribution in [1.29, 1.82) is 0 Å². The van der Waals surface area contributed by atoms with Gasteiger partial charge in [0.2, 0.25) is 0 Å². The molecule has 1 unspecified atom stereocenters. The average Bonchev–Trinajstić information content (AvgIpc) is 2.71. The molecule has 1 heteroatoms. The van der Waals surface area contributed by atoms with Crippen LogP contribution in [0.25, 0.3) is 0 Å². The van der Waals surface area contributed by atoms with Crippen LogP contribution in [0.15, 0.2) is 24.3 Å². The average molecular weight is 222 g/mol. The quantitative estimate of drug-likeness (QED) is 0.616. The third kappa shape index (κ3) is 2.94. The van der Waals surface area contributed by atoms with Gasteiger partial charge in [-0.1, -0.05) is 57.4 Å². The molecule has 1 atom stereocenters. The molecule has 0 aromatic carbocycles. The lowest BCUT2D eigenvalue weighted by atomic mass is 9.96. The summed E-state index contributed by atoms with van der Waals surface area (Å²) in [6, 6.07) is 0. The van der Waals surface area contributed by atoms with Gasteiger partial charge < -0.3 is 0 Å². The first-order valence-corrected chi connectivity index (χ1v) is 7.39. The topological polar surface area (TPSA) is 0 Å². The Labute approximate surface area is 96.0 Å². The van der Waals surface area contributed by atoms with E-state index in [1.54, 1.807) is 0 Å². The molecule has 0 radical (unpaired) electrons. The highest BCUT2D eigenvalue weighted by atomic mass is 31.1. The summed E-state index contributed by atoms with van der Waals surface area (Å²) in [7, 11) is 1.14. The molecule has 2 aliphatic carbocycles. The van der Waals surface area contributed by atoms with E-state index in [4.69, 9.17) is 0 Å². The van der Waals surface area contributed by atoms with E-state index in [1.807, 2.05) is 0 Å². The second-order valence-corrected chi connectivity index (χ2v) is 7.89. The normalized spacial score (nSPS) is 24.7. The second-order valence-electron chi connectivity index (χ2n) is 5.50. The molecule has 1 fully saturated rings. The summed E-state index contributed by atoms with van der Waals surface area (Å²) in [6.07, 6.45) is 16.6. The van der Waals surface area contributed by atoms with Crippen molar-refractivity contribution in [3.63, 3.8) is 0 Å². The highest BCUT2D eigenvalue weighted by Gasteiger charge is 2.30. The van der Waals surface area contributed by atoms with Gasteiger partial charge in [0, 0.05) is 5.92 Å². The van der Waals surface area contributed by atoms with Gasteiger partial charge in [0.25, 0.3) is 0 Å². The number of hydrogen-bond donors (Lipinski definition) is 0. The molecule has 0 heterocycles. The molecule has 0 nitrogen and oxygen atoms in total. The summed E-state index contributed by atoms with van der Waals surface area (Å²) in [6.45, 7) is 4.90. The minimum atomic E-state index is 0.492. The highest BCUT2D eigenvalue weighted by molar-refractivity contribution is 7.40. The van der Waals surface area contributed by atoms with E-state index in [0.717, 1.165) is 14.2 Å². The Balaban J connectivity index is 1.90. The molecule has 0 saturated heterocycles. The molecule has 15 heavy (non-hydrogen) atoms. The van der Waals surface area contributed by atoms with Crippen LogP contribution in [-0.2, 0) is 0 Å². The van der Waals surface area contributed by atoms with Gasteiger partial charge in [0.05, 0.1) is 0 Å². The van der Waals surface area contributed by atoms with E-state index in [0.29, 0.717) is 11.1 Å². The largest absolute Gasteiger partial charge is 0.112 e. The fourth-order valence-electron chi connectivity index (χ4n) is 2.78. The fourth-order valence-corrected chi connectivity index (χ4v) is 4.92. The fraction of sp³-hybridized carbons (Fsp3) is 0.714. The smallest absolute Gasteiger partial charge is 0.00410 e. The third-order valence-electron chi connectivity index (χ3n) is 3.76. The zero-order valence-corrected chi connectivity index (χ0v) is 11.0. The van der Waals surface area contributed by atoms with Gasteiger partial charge in [-0.15, -0.1) is 8.58 Å². The van der Waals surface area contributed by atoms with Gasteiger partial charge in [-0.05, 0) is 23.7 Å². The minimum Gasteiger partial charge on any atom is -0.112 e. The molecule has 0 N–H and O–H groups in total. The van der Waals surface area contributed by atoms with E-state index in [9.17, 15) is 0 Å². The van der Waals surface area contributed by atoms with Crippen LogP contribution >= 0.6 is 8.58 Å². The first kappa shape index (κ1) is 11.4. The van der Waals surface area contributed by atoms with Crippen LogP contribution in [0.2, 0.25) is 0 Å². The van der Waals surface area contributed by atoms with Crippen molar-refractivity contribution >= 4 is 8.58 Å². The lowest BCUT2D eigenvalue weighted by Gasteiger charge is -2.35. The summed E-state index contributed by atoms with van der Waals surface area (Å²) in [5.74, 6) is 0.692. The molecule has 0 bridgehead atoms. The van der Waals surface area contributed by atoms with Gasteiger partial charge in [-0.2, -0.15) is 0 Å². The van der Waals surface area contributed by atoms with Gasteiger partial charge in [0.15, 0.2) is 0 Å². The molecule has 0 amide bonds. The van der Waals surface area contributed by atoms with Crippen LogP contribution in [0, 0.1) is 5.92 Å². The van der Waals surface area contributed by atoms with Gasteiger partial charge in [0.1, 0.15) is 0 Å². The minimum absolute atomic E-state index is 0.492. The SMILES string of the molecule is CC(C)(PC1CCCCC1)C1C=CC=C1. The molecule has 2 rings (SSSR count). The number of allylic oxidation sites excluding steroid dienone is 4. The van der Waals surface area contributed by atoms with E-state index >= 15 is 0 Å². The van der Waals surface area contributed by atoms with Crippen molar-refractivity contribution in [1.82, 2.24) is 0 Å². The van der Waals surface area contributed by atoms with E-state index in [1.165, 1.54) is 32.1 Å². The molecule has 0 aliphatic heterocycles. The van der Waals surface area contributed by atoms with Crippen LogP contribution in [-0.4, -0.2) is 10.8 Å². The van der Waals surface area contributed by atoms with Crippen LogP contribution < -0.4 is 0 Å². The predicted molar refractivity (Wildman–Crippen MR) is 71.0 cm³/mol. The maximum Gasteiger partial charge on any atom is 0.00410 e. The van der Waals surface area contributed by atoms with E-state index < -0.39 is 0 Å². The van der Waals surface area contributed by atoms with Crippen molar-refractivity contribution in [2.24, 2.45) is 5.92 Å². The van der Waals surface area contributed by atoms with Crippen LogP contribution in [0.4, 0.5) is 0 Å². The molecule has 0 aromatic rings. The first-order valence-electron chi connectivity index (χ1n) is 6.31. The van der Waals surface area contributed by atoms with Crippen molar-refractivity contribution in [2.75, 3.05) is 0 Å². The predicted octanol–water partition coefficient (Wildman–Crippen LogP) is 4.52. The summed E-state index contributed by atoms with van der Waals surface area (Å²) in [5, 5.41) is 0.492. The van der Waals surface area contributed by atoms with Crippen LogP contribution in [0.1, 0.15) is 46.0 Å². The standard InChI is InChI=1S/C14H23P/c1-14(2,12-8-6-7-9-12)15-13-10-4-3-5-11-13/h6-9,12-13,15H,3-5,10-11H2,1-2H3. The zero-order valence-electron chi connectivity index (χ0n) is 10.00. The van der Waals surface area contributed by atoms with Crippen LogP contribution in [0.3, 0.4) is 0 Å². The van der Waals surface area contributed by atoms with Gasteiger partial charge in [-0.25, -0.2) is 0 Å². The molecule has 84 valence electrons. The Bertz CT molecular complexity index is 245. The maximum absolute atomic E-state index is 2.45. The highest BCUT2D eigenvalue weighted by Crippen LogP contribution is 2.47. The van der Waals surface area contributed by atoms with E-state index in [-0.39, 0.29) is 0 Å². The monoisotopic (exact) mass is 222 g/mol. The Kier molecular flexibility index (Phi) is 3.67. The third-order valence-corrected chi connectivity index (χ3v) is 5.83. The lowest BCUT2D eigenvalue weighted by Crippen LogP contribution is -2.26. The molecule has 0 spiro atoms. The molecular formula is C14H23P. The van der Waals surface area contributed by atoms with Crippen LogP contribution in [0.5, 0.6) is 0 Å². The molecular weight excluding hydrogens is 199 g/mol. The Morgan fingerprint density at radius 3 is 2.20 bits per heavy atom. The summed E-state index contributed by atoms with van der Waals surface area (Å²) in [5.41, 5.74) is 1.02. The van der Waals surface area contributed by atoms with Crippen molar-refractivity contribution in [3.05, 3.63) is 24.3 Å². The van der Waals surface area contributed by atoms with E-state index in [2.05, 4.69) is 38.2 Å². The number of hydrogen-bond acceptors (Lipinski definition) is 0. The van der Waals surface area contributed by atoms with Crippen molar-refractivity contribution in [2.45, 2.75) is 56.8 Å². The molecule has 0 aromatic heterocycles. The molecule has 1 saturated carbocycles. The summed E-state index contributed by atoms with van der Waals surface area (Å²) >= 11 is 0.